The average molecular weight is 345 g/mol. The largest absolute Gasteiger partial charge is 0.376 e. The van der Waals surface area contributed by atoms with Gasteiger partial charge in [0.25, 0.3) is 6.43 Å². The zero-order chi connectivity index (χ0) is 17.6. The highest BCUT2D eigenvalue weighted by molar-refractivity contribution is 5.79. The summed E-state index contributed by atoms with van der Waals surface area (Å²) < 4.78 is 34.5. The van der Waals surface area contributed by atoms with Crippen LogP contribution in [0.2, 0.25) is 0 Å². The van der Waals surface area contributed by atoms with Crippen molar-refractivity contribution >= 4 is 11.2 Å². The third kappa shape index (κ3) is 2.74. The Balaban J connectivity index is 1.82. The topological polar surface area (TPSA) is 49.0 Å². The molecule has 4 rings (SSSR count). The second kappa shape index (κ2) is 6.07. The molecule has 1 saturated heterocycles. The molecule has 0 saturated carbocycles. The Bertz CT molecular complexity index is 990. The maximum absolute atomic E-state index is 12.9. The molecule has 1 fully saturated rings. The lowest BCUT2D eigenvalue weighted by molar-refractivity contribution is -0.0591. The summed E-state index contributed by atoms with van der Waals surface area (Å²) in [6, 6.07) is 8.03. The Morgan fingerprint density at radius 3 is 2.80 bits per heavy atom. The number of aryl methyl sites for hydroxylation is 1. The highest BCUT2D eigenvalue weighted by atomic mass is 19.3. The second-order valence-electron chi connectivity index (χ2n) is 6.23. The number of benzene rings is 1. The van der Waals surface area contributed by atoms with E-state index in [2.05, 4.69) is 4.98 Å². The van der Waals surface area contributed by atoms with E-state index >= 15 is 0 Å². The Labute approximate surface area is 142 Å². The van der Waals surface area contributed by atoms with Gasteiger partial charge in [0.05, 0.1) is 18.2 Å². The number of alkyl halides is 2. The van der Waals surface area contributed by atoms with Gasteiger partial charge in [-0.3, -0.25) is 9.13 Å². The number of nitrogens with zero attached hydrogens (tertiary/aromatic N) is 3. The third-order valence-electron chi connectivity index (χ3n) is 4.63. The molecule has 0 spiro atoms. The fraction of sp³-hybridized carbons (Fsp3) is 0.333. The van der Waals surface area contributed by atoms with E-state index in [4.69, 9.17) is 4.74 Å². The lowest BCUT2D eigenvalue weighted by Gasteiger charge is -2.26. The van der Waals surface area contributed by atoms with Gasteiger partial charge in [0.15, 0.2) is 5.65 Å². The molecule has 1 aliphatic rings. The van der Waals surface area contributed by atoms with Gasteiger partial charge in [0.1, 0.15) is 0 Å². The van der Waals surface area contributed by atoms with Crippen LogP contribution in [0.15, 0.2) is 41.3 Å². The predicted octanol–water partition coefficient (Wildman–Crippen LogP) is 3.13. The van der Waals surface area contributed by atoms with Crippen molar-refractivity contribution in [2.75, 3.05) is 6.61 Å². The minimum absolute atomic E-state index is 0.0362. The second-order valence-corrected chi connectivity index (χ2v) is 6.23. The van der Waals surface area contributed by atoms with Gasteiger partial charge in [-0.1, -0.05) is 18.2 Å². The lowest BCUT2D eigenvalue weighted by Crippen LogP contribution is -2.35. The molecule has 0 amide bonds. The van der Waals surface area contributed by atoms with E-state index in [1.54, 1.807) is 29.9 Å². The molecule has 0 N–H and O–H groups in total. The van der Waals surface area contributed by atoms with Crippen LogP contribution in [0.5, 0.6) is 0 Å². The first-order valence-electron chi connectivity index (χ1n) is 8.10. The normalized spacial score (nSPS) is 17.2. The number of halogens is 2. The van der Waals surface area contributed by atoms with Crippen molar-refractivity contribution in [1.82, 2.24) is 14.1 Å². The van der Waals surface area contributed by atoms with Crippen LogP contribution in [0, 0.1) is 0 Å². The van der Waals surface area contributed by atoms with Crippen LogP contribution in [0.1, 0.15) is 18.4 Å². The quantitative estimate of drug-likeness (QED) is 0.730. The van der Waals surface area contributed by atoms with Gasteiger partial charge in [-0.15, -0.1) is 0 Å². The monoisotopic (exact) mass is 345 g/mol. The lowest BCUT2D eigenvalue weighted by atomic mass is 10.0. The number of hydrogen-bond donors (Lipinski definition) is 0. The molecular weight excluding hydrogens is 328 g/mol. The SMILES string of the molecule is Cn1c(=O)n(CC2CCO2)c2cc(-c3cccc(C(F)F)c3)cnc21. The molecule has 0 radical (unpaired) electrons. The van der Waals surface area contributed by atoms with Crippen LogP contribution in [0.3, 0.4) is 0 Å². The van der Waals surface area contributed by atoms with Crippen LogP contribution in [-0.4, -0.2) is 26.8 Å². The van der Waals surface area contributed by atoms with Crippen molar-refractivity contribution < 1.29 is 13.5 Å². The van der Waals surface area contributed by atoms with Crippen LogP contribution < -0.4 is 5.69 Å². The summed E-state index contributed by atoms with van der Waals surface area (Å²) in [5.41, 5.74) is 2.40. The van der Waals surface area contributed by atoms with Crippen LogP contribution >= 0.6 is 0 Å². The van der Waals surface area contributed by atoms with E-state index in [-0.39, 0.29) is 17.4 Å². The fourth-order valence-corrected chi connectivity index (χ4v) is 3.10. The summed E-state index contributed by atoms with van der Waals surface area (Å²) in [5, 5.41) is 0. The van der Waals surface area contributed by atoms with Gasteiger partial charge in [0, 0.05) is 31.0 Å². The molecule has 7 heteroatoms. The summed E-state index contributed by atoms with van der Waals surface area (Å²) in [6.07, 6.45) is 0.0413. The number of imidazole rings is 1. The van der Waals surface area contributed by atoms with Crippen molar-refractivity contribution in [3.05, 3.63) is 52.6 Å². The van der Waals surface area contributed by atoms with E-state index in [9.17, 15) is 13.6 Å². The van der Waals surface area contributed by atoms with Gasteiger partial charge >= 0.3 is 5.69 Å². The first-order chi connectivity index (χ1) is 12.0. The van der Waals surface area contributed by atoms with Crippen LogP contribution in [0.4, 0.5) is 8.78 Å². The zero-order valence-corrected chi connectivity index (χ0v) is 13.7. The van der Waals surface area contributed by atoms with Gasteiger partial charge in [-0.2, -0.15) is 0 Å². The molecule has 0 aliphatic carbocycles. The standard InChI is InChI=1S/C18H17F2N3O2/c1-22-17-15(23(18(22)24)10-14-5-6-25-14)8-13(9-21-17)11-3-2-4-12(7-11)16(19)20/h2-4,7-9,14,16H,5-6,10H2,1H3. The molecule has 1 aliphatic heterocycles. The molecule has 0 bridgehead atoms. The van der Waals surface area contributed by atoms with E-state index < -0.39 is 6.43 Å². The molecule has 1 unspecified atom stereocenters. The van der Waals surface area contributed by atoms with E-state index in [1.165, 1.54) is 16.7 Å². The third-order valence-corrected chi connectivity index (χ3v) is 4.63. The number of hydrogen-bond acceptors (Lipinski definition) is 3. The number of rotatable bonds is 4. The van der Waals surface area contributed by atoms with Gasteiger partial charge in [0.2, 0.25) is 0 Å². The molecule has 2 aromatic heterocycles. The summed E-state index contributed by atoms with van der Waals surface area (Å²) >= 11 is 0. The molecule has 3 heterocycles. The maximum atomic E-state index is 12.9. The van der Waals surface area contributed by atoms with Crippen LogP contribution in [0.25, 0.3) is 22.3 Å². The Hall–Kier alpha value is -2.54. The summed E-state index contributed by atoms with van der Waals surface area (Å²) in [4.78, 5) is 16.9. The highest BCUT2D eigenvalue weighted by Gasteiger charge is 2.22. The molecule has 130 valence electrons. The van der Waals surface area contributed by atoms with Crippen molar-refractivity contribution in [2.45, 2.75) is 25.5 Å². The van der Waals surface area contributed by atoms with Crippen molar-refractivity contribution in [2.24, 2.45) is 7.05 Å². The van der Waals surface area contributed by atoms with E-state index in [1.807, 2.05) is 6.07 Å². The van der Waals surface area contributed by atoms with Crippen LogP contribution in [-0.2, 0) is 18.3 Å². The van der Waals surface area contributed by atoms with Gasteiger partial charge < -0.3 is 4.74 Å². The maximum Gasteiger partial charge on any atom is 0.330 e. The number of ether oxygens (including phenoxy) is 1. The van der Waals surface area contributed by atoms with Crippen molar-refractivity contribution in [3.8, 4) is 11.1 Å². The molecule has 1 aromatic carbocycles. The Morgan fingerprint density at radius 2 is 2.12 bits per heavy atom. The van der Waals surface area contributed by atoms with Crippen molar-refractivity contribution in [1.29, 1.82) is 0 Å². The summed E-state index contributed by atoms with van der Waals surface area (Å²) in [7, 11) is 1.67. The first-order valence-corrected chi connectivity index (χ1v) is 8.10. The molecular formula is C18H17F2N3O2. The predicted molar refractivity (Wildman–Crippen MR) is 89.7 cm³/mol. The zero-order valence-electron chi connectivity index (χ0n) is 13.7. The smallest absolute Gasteiger partial charge is 0.330 e. The van der Waals surface area contributed by atoms with Crippen molar-refractivity contribution in [3.63, 3.8) is 0 Å². The summed E-state index contributed by atoms with van der Waals surface area (Å²) in [6.45, 7) is 1.19. The Kier molecular flexibility index (Phi) is 3.88. The Morgan fingerprint density at radius 1 is 1.32 bits per heavy atom. The minimum atomic E-state index is -2.53. The first kappa shape index (κ1) is 16.0. The number of pyridine rings is 1. The molecule has 25 heavy (non-hydrogen) atoms. The van der Waals surface area contributed by atoms with E-state index in [0.717, 1.165) is 6.42 Å². The highest BCUT2D eigenvalue weighted by Crippen LogP contribution is 2.27. The fourth-order valence-electron chi connectivity index (χ4n) is 3.10. The molecule has 1 atom stereocenters. The average Bonchev–Trinajstić information content (AvgIpc) is 2.82. The molecule has 5 nitrogen and oxygen atoms in total. The van der Waals surface area contributed by atoms with E-state index in [0.29, 0.717) is 35.4 Å². The summed E-state index contributed by atoms with van der Waals surface area (Å²) in [5.74, 6) is 0. The molecule has 3 aromatic rings. The minimum Gasteiger partial charge on any atom is -0.376 e. The number of fused-ring (bicyclic) bond motifs is 1. The van der Waals surface area contributed by atoms with Gasteiger partial charge in [-0.25, -0.2) is 18.6 Å². The number of aromatic nitrogens is 3. The van der Waals surface area contributed by atoms with Gasteiger partial charge in [-0.05, 0) is 24.1 Å².